The first kappa shape index (κ1) is 14.6. The molecule has 0 bridgehead atoms. The first-order chi connectivity index (χ1) is 13.4. The molecule has 0 saturated carbocycles. The number of H-pyrrole nitrogens is 1. The largest absolute Gasteiger partial charge is 0.353 e. The quantitative estimate of drug-likeness (QED) is 0.339. The Morgan fingerprint density at radius 2 is 1.52 bits per heavy atom. The normalized spacial score (nSPS) is 13.5. The smallest absolute Gasteiger partial charge is 0.0783 e. The minimum Gasteiger partial charge on any atom is -0.353 e. The van der Waals surface area contributed by atoms with Gasteiger partial charge in [0.05, 0.1) is 16.7 Å². The molecule has 1 aliphatic rings. The Hall–Kier alpha value is -3.52. The molecule has 0 aliphatic heterocycles. The summed E-state index contributed by atoms with van der Waals surface area (Å²) in [5.41, 5.74) is 7.36. The average Bonchev–Trinajstić information content (AvgIpc) is 3.14. The Balaban J connectivity index is 0.00000171. The molecule has 0 saturated heterocycles. The number of fused-ring (bicyclic) bond motifs is 7. The van der Waals surface area contributed by atoms with E-state index in [4.69, 9.17) is 0 Å². The first-order valence-corrected chi connectivity index (χ1v) is 9.38. The Morgan fingerprint density at radius 1 is 0.741 bits per heavy atom. The van der Waals surface area contributed by atoms with E-state index in [-0.39, 0.29) is 1.43 Å². The molecule has 2 nitrogen and oxygen atoms in total. The highest BCUT2D eigenvalue weighted by Crippen LogP contribution is 2.38. The molecule has 1 N–H and O–H groups in total. The molecule has 0 spiro atoms. The molecule has 0 atom stereocenters. The number of aromatic amines is 1. The summed E-state index contributed by atoms with van der Waals surface area (Å²) in [6.07, 6.45) is 9.98. The highest BCUT2D eigenvalue weighted by molar-refractivity contribution is 6.18. The zero-order chi connectivity index (χ0) is 17.8. The lowest BCUT2D eigenvalue weighted by molar-refractivity contribution is 1.11. The predicted molar refractivity (Wildman–Crippen MR) is 117 cm³/mol. The van der Waals surface area contributed by atoms with Crippen molar-refractivity contribution in [2.45, 2.75) is 6.42 Å². The number of para-hydroxylation sites is 2. The number of aromatic nitrogens is 2. The van der Waals surface area contributed by atoms with Gasteiger partial charge in [0.25, 0.3) is 0 Å². The van der Waals surface area contributed by atoms with E-state index in [0.717, 1.165) is 6.42 Å². The van der Waals surface area contributed by atoms with E-state index in [0.29, 0.717) is 0 Å². The highest BCUT2D eigenvalue weighted by Gasteiger charge is 2.19. The van der Waals surface area contributed by atoms with Gasteiger partial charge in [-0.05, 0) is 30.7 Å². The summed E-state index contributed by atoms with van der Waals surface area (Å²) in [5.74, 6) is 0. The van der Waals surface area contributed by atoms with Crippen molar-refractivity contribution in [1.29, 1.82) is 0 Å². The van der Waals surface area contributed by atoms with Crippen LogP contribution in [0.4, 0.5) is 0 Å². The zero-order valence-electron chi connectivity index (χ0n) is 14.8. The maximum atomic E-state index is 3.69. The molecule has 27 heavy (non-hydrogen) atoms. The lowest BCUT2D eigenvalue weighted by Gasteiger charge is -2.09. The van der Waals surface area contributed by atoms with E-state index < -0.39 is 0 Å². The number of nitrogens with one attached hydrogen (secondary N) is 1. The molecular weight excluding hydrogens is 328 g/mol. The van der Waals surface area contributed by atoms with Gasteiger partial charge < -0.3 is 9.55 Å². The molecule has 3 aromatic carbocycles. The summed E-state index contributed by atoms with van der Waals surface area (Å²) in [6.45, 7) is 0. The van der Waals surface area contributed by atoms with Gasteiger partial charge in [-0.25, -0.2) is 0 Å². The van der Waals surface area contributed by atoms with Gasteiger partial charge in [-0.2, -0.15) is 0 Å². The second kappa shape index (κ2) is 5.49. The number of allylic oxidation sites excluding steroid dienone is 2. The second-order valence-electron chi connectivity index (χ2n) is 7.07. The molecule has 1 aliphatic carbocycles. The van der Waals surface area contributed by atoms with Gasteiger partial charge in [-0.15, -0.1) is 0 Å². The van der Waals surface area contributed by atoms with Crippen LogP contribution in [0.15, 0.2) is 78.9 Å². The van der Waals surface area contributed by atoms with Gasteiger partial charge in [-0.1, -0.05) is 66.8 Å². The molecule has 0 fully saturated rings. The van der Waals surface area contributed by atoms with Gasteiger partial charge in [0.1, 0.15) is 0 Å². The Morgan fingerprint density at radius 3 is 2.44 bits per heavy atom. The standard InChI is InChI=1S/C25H18N2.H2/c1-3-9-17(10-4-1)27-23-14-6-2-5-12-19(23)21-16-15-20-18-11-7-8-13-22(18)26-24(20)25(21)27;/h1,3-16,26H,2H2;1H. The first-order valence-electron chi connectivity index (χ1n) is 9.38. The lowest BCUT2D eigenvalue weighted by Crippen LogP contribution is -1.97. The van der Waals surface area contributed by atoms with Crippen LogP contribution in [0.2, 0.25) is 0 Å². The van der Waals surface area contributed by atoms with Crippen LogP contribution in [-0.2, 0) is 0 Å². The van der Waals surface area contributed by atoms with Crippen LogP contribution in [-0.4, -0.2) is 9.55 Å². The fraction of sp³-hybridized carbons (Fsp3) is 0.0400. The van der Waals surface area contributed by atoms with Crippen molar-refractivity contribution in [2.24, 2.45) is 0 Å². The maximum absolute atomic E-state index is 3.69. The molecule has 0 amide bonds. The number of rotatable bonds is 1. The van der Waals surface area contributed by atoms with E-state index in [9.17, 15) is 0 Å². The van der Waals surface area contributed by atoms with E-state index in [1.165, 1.54) is 49.7 Å². The average molecular weight is 348 g/mol. The molecule has 0 unspecified atom stereocenters. The van der Waals surface area contributed by atoms with Crippen LogP contribution in [0, 0.1) is 0 Å². The number of hydrogen-bond acceptors (Lipinski definition) is 0. The van der Waals surface area contributed by atoms with Crippen LogP contribution in [0.5, 0.6) is 0 Å². The molecule has 2 aromatic heterocycles. The van der Waals surface area contributed by atoms with Crippen LogP contribution in [0.1, 0.15) is 19.1 Å². The topological polar surface area (TPSA) is 20.7 Å². The van der Waals surface area contributed by atoms with Gasteiger partial charge in [0, 0.05) is 34.4 Å². The van der Waals surface area contributed by atoms with E-state index in [1.54, 1.807) is 0 Å². The molecule has 2 heterocycles. The van der Waals surface area contributed by atoms with Crippen LogP contribution < -0.4 is 0 Å². The third kappa shape index (κ3) is 2.01. The maximum Gasteiger partial charge on any atom is 0.0783 e. The fourth-order valence-corrected chi connectivity index (χ4v) is 4.36. The van der Waals surface area contributed by atoms with Crippen molar-refractivity contribution < 1.29 is 1.43 Å². The Kier molecular flexibility index (Phi) is 2.97. The van der Waals surface area contributed by atoms with Crippen molar-refractivity contribution >= 4 is 44.9 Å². The summed E-state index contributed by atoms with van der Waals surface area (Å²) >= 11 is 0. The number of hydrogen-bond donors (Lipinski definition) is 1. The van der Waals surface area contributed by atoms with Crippen molar-refractivity contribution in [3.8, 4) is 5.69 Å². The monoisotopic (exact) mass is 348 g/mol. The summed E-state index contributed by atoms with van der Waals surface area (Å²) < 4.78 is 2.40. The second-order valence-corrected chi connectivity index (χ2v) is 7.07. The molecular formula is C25H20N2. The Bertz CT molecular complexity index is 1380. The summed E-state index contributed by atoms with van der Waals surface area (Å²) in [7, 11) is 0. The van der Waals surface area contributed by atoms with E-state index in [2.05, 4.69) is 101 Å². The van der Waals surface area contributed by atoms with Crippen molar-refractivity contribution in [3.63, 3.8) is 0 Å². The molecule has 0 radical (unpaired) electrons. The summed E-state index contributed by atoms with van der Waals surface area (Å²) in [4.78, 5) is 3.69. The molecule has 5 aromatic rings. The van der Waals surface area contributed by atoms with Crippen molar-refractivity contribution in [3.05, 3.63) is 90.1 Å². The minimum atomic E-state index is 0. The minimum absolute atomic E-state index is 0. The highest BCUT2D eigenvalue weighted by atomic mass is 15.0. The third-order valence-electron chi connectivity index (χ3n) is 5.53. The number of nitrogens with zero attached hydrogens (tertiary/aromatic N) is 1. The van der Waals surface area contributed by atoms with Crippen LogP contribution in [0.25, 0.3) is 50.5 Å². The molecule has 2 heteroatoms. The van der Waals surface area contributed by atoms with E-state index in [1.807, 2.05) is 0 Å². The van der Waals surface area contributed by atoms with Crippen LogP contribution in [0.3, 0.4) is 0 Å². The third-order valence-corrected chi connectivity index (χ3v) is 5.53. The van der Waals surface area contributed by atoms with Crippen LogP contribution >= 0.6 is 0 Å². The lowest BCUT2D eigenvalue weighted by atomic mass is 10.1. The SMILES string of the molecule is C1=Cc2c(n(-c3ccccc3)c3c2ccc2c4ccccc4[nH]c23)C=CC1.[HH]. The molecule has 6 rings (SSSR count). The van der Waals surface area contributed by atoms with Gasteiger partial charge in [0.15, 0.2) is 0 Å². The number of benzene rings is 3. The predicted octanol–water partition coefficient (Wildman–Crippen LogP) is 6.94. The molecule has 130 valence electrons. The summed E-state index contributed by atoms with van der Waals surface area (Å²) in [6, 6.07) is 23.7. The fourth-order valence-electron chi connectivity index (χ4n) is 4.36. The van der Waals surface area contributed by atoms with Crippen molar-refractivity contribution in [1.82, 2.24) is 9.55 Å². The zero-order valence-corrected chi connectivity index (χ0v) is 14.8. The van der Waals surface area contributed by atoms with Gasteiger partial charge in [-0.3, -0.25) is 0 Å². The summed E-state index contributed by atoms with van der Waals surface area (Å²) in [5, 5.41) is 3.84. The van der Waals surface area contributed by atoms with Gasteiger partial charge >= 0.3 is 0 Å². The Labute approximate surface area is 158 Å². The van der Waals surface area contributed by atoms with E-state index >= 15 is 0 Å². The van der Waals surface area contributed by atoms with Gasteiger partial charge in [0.2, 0.25) is 0 Å². The van der Waals surface area contributed by atoms with Crippen molar-refractivity contribution in [2.75, 3.05) is 0 Å².